The summed E-state index contributed by atoms with van der Waals surface area (Å²) in [6.07, 6.45) is 1.82. The highest BCUT2D eigenvalue weighted by atomic mass is 35.5. The van der Waals surface area contributed by atoms with Gasteiger partial charge in [0.1, 0.15) is 4.99 Å². The van der Waals surface area contributed by atoms with Crippen LogP contribution in [0.25, 0.3) is 16.6 Å². The molecule has 0 bridgehead atoms. The summed E-state index contributed by atoms with van der Waals surface area (Å²) in [5.41, 5.74) is 8.19. The Balaban J connectivity index is 2.17. The van der Waals surface area contributed by atoms with Crippen LogP contribution >= 0.6 is 23.8 Å². The van der Waals surface area contributed by atoms with E-state index >= 15 is 0 Å². The van der Waals surface area contributed by atoms with Crippen LogP contribution in [0.3, 0.4) is 0 Å². The van der Waals surface area contributed by atoms with Crippen molar-refractivity contribution < 1.29 is 0 Å². The van der Waals surface area contributed by atoms with E-state index in [-0.39, 0.29) is 0 Å². The number of aromatic nitrogens is 2. The molecule has 0 aliphatic rings. The molecule has 0 spiro atoms. The van der Waals surface area contributed by atoms with Crippen LogP contribution in [0, 0.1) is 0 Å². The monoisotopic (exact) mass is 287 g/mol. The Labute approximate surface area is 120 Å². The molecule has 0 saturated heterocycles. The Hall–Kier alpha value is -1.91. The lowest BCUT2D eigenvalue weighted by atomic mass is 10.2. The third-order valence-corrected chi connectivity index (χ3v) is 3.47. The second-order valence-corrected chi connectivity index (χ2v) is 4.99. The predicted octanol–water partition coefficient (Wildman–Crippen LogP) is 3.31. The van der Waals surface area contributed by atoms with Gasteiger partial charge in [-0.2, -0.15) is 5.10 Å². The van der Waals surface area contributed by atoms with E-state index in [9.17, 15) is 0 Å². The van der Waals surface area contributed by atoms with Crippen LogP contribution in [0.1, 0.15) is 5.56 Å². The highest BCUT2D eigenvalue weighted by Crippen LogP contribution is 2.23. The molecule has 1 heterocycles. The molecule has 5 heteroatoms. The Kier molecular flexibility index (Phi) is 2.97. The number of fused-ring (bicyclic) bond motifs is 1. The van der Waals surface area contributed by atoms with Crippen molar-refractivity contribution in [3.05, 3.63) is 59.2 Å². The molecule has 94 valence electrons. The van der Waals surface area contributed by atoms with Crippen molar-refractivity contribution in [2.24, 2.45) is 5.73 Å². The number of halogens is 1. The van der Waals surface area contributed by atoms with Gasteiger partial charge in [0, 0.05) is 10.9 Å². The summed E-state index contributed by atoms with van der Waals surface area (Å²) < 4.78 is 1.84. The minimum absolute atomic E-state index is 0.293. The van der Waals surface area contributed by atoms with Gasteiger partial charge in [-0.3, -0.25) is 0 Å². The smallest absolute Gasteiger partial charge is 0.105 e. The molecule has 3 aromatic rings. The number of hydrogen-bond acceptors (Lipinski definition) is 2. The summed E-state index contributed by atoms with van der Waals surface area (Å²) >= 11 is 11.1. The van der Waals surface area contributed by atoms with Gasteiger partial charge in [0.15, 0.2) is 0 Å². The Morgan fingerprint density at radius 3 is 2.74 bits per heavy atom. The summed E-state index contributed by atoms with van der Waals surface area (Å²) in [6, 6.07) is 13.5. The molecule has 19 heavy (non-hydrogen) atoms. The molecule has 3 nitrogen and oxygen atoms in total. The Morgan fingerprint density at radius 2 is 2.00 bits per heavy atom. The molecule has 2 aromatic carbocycles. The molecule has 0 atom stereocenters. The van der Waals surface area contributed by atoms with Crippen LogP contribution in [0.4, 0.5) is 0 Å². The second-order valence-electron chi connectivity index (χ2n) is 4.14. The van der Waals surface area contributed by atoms with Crippen molar-refractivity contribution in [1.82, 2.24) is 9.78 Å². The van der Waals surface area contributed by atoms with E-state index in [0.717, 1.165) is 16.6 Å². The summed E-state index contributed by atoms with van der Waals surface area (Å²) in [6.45, 7) is 0. The van der Waals surface area contributed by atoms with Crippen molar-refractivity contribution in [3.8, 4) is 5.69 Å². The topological polar surface area (TPSA) is 43.8 Å². The highest BCUT2D eigenvalue weighted by Gasteiger charge is 2.08. The number of hydrogen-bond donors (Lipinski definition) is 1. The van der Waals surface area contributed by atoms with Gasteiger partial charge in [0.2, 0.25) is 0 Å². The lowest BCUT2D eigenvalue weighted by molar-refractivity contribution is 0.911. The molecule has 0 aliphatic carbocycles. The van der Waals surface area contributed by atoms with Crippen molar-refractivity contribution in [2.75, 3.05) is 0 Å². The van der Waals surface area contributed by atoms with Gasteiger partial charge in [-0.25, -0.2) is 4.68 Å². The van der Waals surface area contributed by atoms with Crippen molar-refractivity contribution in [2.45, 2.75) is 0 Å². The van der Waals surface area contributed by atoms with Crippen LogP contribution in [0.5, 0.6) is 0 Å². The molecular weight excluding hydrogens is 278 g/mol. The molecular formula is C14H10ClN3S. The normalized spacial score (nSPS) is 10.8. The van der Waals surface area contributed by atoms with E-state index < -0.39 is 0 Å². The zero-order valence-corrected chi connectivity index (χ0v) is 11.4. The standard InChI is InChI=1S/C14H10ClN3S/c15-12-7-10(5-6-11(12)14(16)19)18-13-4-2-1-3-9(13)8-17-18/h1-8H,(H2,16,19). The molecule has 1 aromatic heterocycles. The van der Waals surface area contributed by atoms with Crippen molar-refractivity contribution in [1.29, 1.82) is 0 Å². The van der Waals surface area contributed by atoms with E-state index in [1.165, 1.54) is 0 Å². The third-order valence-electron chi connectivity index (χ3n) is 2.94. The fraction of sp³-hybridized carbons (Fsp3) is 0. The first-order valence-electron chi connectivity index (χ1n) is 5.69. The van der Waals surface area contributed by atoms with Gasteiger partial charge < -0.3 is 5.73 Å². The number of benzene rings is 2. The van der Waals surface area contributed by atoms with Crippen LogP contribution < -0.4 is 5.73 Å². The van der Waals surface area contributed by atoms with Gasteiger partial charge in [-0.15, -0.1) is 0 Å². The number of nitrogens with zero attached hydrogens (tertiary/aromatic N) is 2. The lowest BCUT2D eigenvalue weighted by Gasteiger charge is -2.07. The number of thiocarbonyl (C=S) groups is 1. The molecule has 0 saturated carbocycles. The molecule has 0 radical (unpaired) electrons. The first-order chi connectivity index (χ1) is 9.16. The maximum atomic E-state index is 6.18. The van der Waals surface area contributed by atoms with Gasteiger partial charge in [0.25, 0.3) is 0 Å². The second kappa shape index (κ2) is 4.64. The van der Waals surface area contributed by atoms with E-state index in [1.54, 1.807) is 0 Å². The first kappa shape index (κ1) is 12.1. The van der Waals surface area contributed by atoms with Gasteiger partial charge in [-0.1, -0.05) is 42.0 Å². The van der Waals surface area contributed by atoms with E-state index in [0.29, 0.717) is 15.6 Å². The lowest BCUT2D eigenvalue weighted by Crippen LogP contribution is -2.10. The van der Waals surface area contributed by atoms with Crippen molar-refractivity contribution >= 4 is 39.7 Å². The van der Waals surface area contributed by atoms with Gasteiger partial charge in [0.05, 0.1) is 22.4 Å². The Morgan fingerprint density at radius 1 is 1.21 bits per heavy atom. The molecule has 3 rings (SSSR count). The largest absolute Gasteiger partial charge is 0.389 e. The third kappa shape index (κ3) is 2.09. The zero-order valence-electron chi connectivity index (χ0n) is 9.88. The SMILES string of the molecule is NC(=S)c1ccc(-n2ncc3ccccc32)cc1Cl. The summed E-state index contributed by atoms with van der Waals surface area (Å²) in [5, 5.41) is 5.99. The van der Waals surface area contributed by atoms with Gasteiger partial charge in [-0.05, 0) is 24.3 Å². The maximum Gasteiger partial charge on any atom is 0.105 e. The average molecular weight is 288 g/mol. The van der Waals surface area contributed by atoms with Gasteiger partial charge >= 0.3 is 0 Å². The fourth-order valence-corrected chi connectivity index (χ4v) is 2.52. The summed E-state index contributed by atoms with van der Waals surface area (Å²) in [5.74, 6) is 0. The molecule has 0 aliphatic heterocycles. The highest BCUT2D eigenvalue weighted by molar-refractivity contribution is 7.80. The number of nitrogens with two attached hydrogens (primary N) is 1. The fourth-order valence-electron chi connectivity index (χ4n) is 2.01. The molecule has 2 N–H and O–H groups in total. The average Bonchev–Trinajstić information content (AvgIpc) is 2.82. The van der Waals surface area contributed by atoms with E-state index in [2.05, 4.69) is 5.10 Å². The zero-order chi connectivity index (χ0) is 13.4. The summed E-state index contributed by atoms with van der Waals surface area (Å²) in [7, 11) is 0. The predicted molar refractivity (Wildman–Crippen MR) is 82.0 cm³/mol. The van der Waals surface area contributed by atoms with Crippen molar-refractivity contribution in [3.63, 3.8) is 0 Å². The first-order valence-corrected chi connectivity index (χ1v) is 6.48. The quantitative estimate of drug-likeness (QED) is 0.736. The number of rotatable bonds is 2. The van der Waals surface area contributed by atoms with Crippen LogP contribution in [0.2, 0.25) is 5.02 Å². The maximum absolute atomic E-state index is 6.18. The molecule has 0 amide bonds. The van der Waals surface area contributed by atoms with E-state index in [4.69, 9.17) is 29.6 Å². The molecule has 0 unspecified atom stereocenters. The van der Waals surface area contributed by atoms with E-state index in [1.807, 2.05) is 53.3 Å². The number of para-hydroxylation sites is 1. The molecule has 0 fully saturated rings. The Bertz CT molecular complexity index is 779. The minimum atomic E-state index is 0.293. The van der Waals surface area contributed by atoms with Crippen LogP contribution in [-0.2, 0) is 0 Å². The van der Waals surface area contributed by atoms with Crippen LogP contribution in [0.15, 0.2) is 48.7 Å². The summed E-state index contributed by atoms with van der Waals surface area (Å²) in [4.78, 5) is 0.293. The minimum Gasteiger partial charge on any atom is -0.389 e. The van der Waals surface area contributed by atoms with Crippen LogP contribution in [-0.4, -0.2) is 14.8 Å².